The molecule has 3 heterocycles. The van der Waals surface area contributed by atoms with E-state index in [0.717, 1.165) is 42.7 Å². The van der Waals surface area contributed by atoms with Gasteiger partial charge < -0.3 is 19.9 Å². The van der Waals surface area contributed by atoms with Crippen molar-refractivity contribution in [3.05, 3.63) is 35.8 Å². The van der Waals surface area contributed by atoms with E-state index in [1.807, 2.05) is 12.1 Å². The van der Waals surface area contributed by atoms with Crippen LogP contribution in [0.2, 0.25) is 0 Å². The fourth-order valence-electron chi connectivity index (χ4n) is 3.57. The number of fused-ring (bicyclic) bond motifs is 1. The highest BCUT2D eigenvalue weighted by molar-refractivity contribution is 5.79. The lowest BCUT2D eigenvalue weighted by atomic mass is 9.99. The van der Waals surface area contributed by atoms with E-state index >= 15 is 0 Å². The Balaban J connectivity index is 1.47. The normalized spacial score (nSPS) is 16.8. The van der Waals surface area contributed by atoms with E-state index in [1.165, 1.54) is 38.2 Å². The van der Waals surface area contributed by atoms with E-state index in [2.05, 4.69) is 58.0 Å². The second-order valence-corrected chi connectivity index (χ2v) is 7.63. The smallest absolute Gasteiger partial charge is 0.191 e. The van der Waals surface area contributed by atoms with Crippen molar-refractivity contribution in [2.75, 3.05) is 32.7 Å². The molecular weight excluding hydrogens is 336 g/mol. The number of guanidine groups is 1. The number of pyridine rings is 1. The van der Waals surface area contributed by atoms with Gasteiger partial charge >= 0.3 is 0 Å². The minimum atomic E-state index is 0.584. The van der Waals surface area contributed by atoms with Crippen molar-refractivity contribution in [1.82, 2.24) is 24.9 Å². The van der Waals surface area contributed by atoms with Gasteiger partial charge in [0.05, 0.1) is 12.2 Å². The van der Waals surface area contributed by atoms with Crippen molar-refractivity contribution in [3.8, 4) is 0 Å². The van der Waals surface area contributed by atoms with Crippen molar-refractivity contribution < 1.29 is 0 Å². The monoisotopic (exact) mass is 370 g/mol. The fourth-order valence-corrected chi connectivity index (χ4v) is 3.57. The van der Waals surface area contributed by atoms with E-state index < -0.39 is 0 Å². The number of aromatic nitrogens is 2. The quantitative estimate of drug-likeness (QED) is 0.447. The summed E-state index contributed by atoms with van der Waals surface area (Å²) in [7, 11) is 0. The molecule has 2 aromatic heterocycles. The molecule has 6 nitrogen and oxygen atoms in total. The van der Waals surface area contributed by atoms with Crippen LogP contribution in [-0.4, -0.2) is 53.0 Å². The van der Waals surface area contributed by atoms with Crippen molar-refractivity contribution in [2.24, 2.45) is 10.9 Å². The zero-order chi connectivity index (χ0) is 19.1. The van der Waals surface area contributed by atoms with Gasteiger partial charge in [0.25, 0.3) is 0 Å². The number of likely N-dealkylation sites (tertiary alicyclic amines) is 1. The van der Waals surface area contributed by atoms with E-state index in [4.69, 9.17) is 4.99 Å². The number of aliphatic imine (C=N–C) groups is 1. The minimum absolute atomic E-state index is 0.584. The van der Waals surface area contributed by atoms with Gasteiger partial charge in [0.1, 0.15) is 5.65 Å². The Labute approximate surface area is 163 Å². The maximum absolute atomic E-state index is 4.71. The van der Waals surface area contributed by atoms with Crippen molar-refractivity contribution >= 4 is 11.6 Å². The molecular formula is C21H34N6. The van der Waals surface area contributed by atoms with Crippen LogP contribution in [0.1, 0.15) is 44.5 Å². The number of imidazole rings is 1. The highest BCUT2D eigenvalue weighted by atomic mass is 15.2. The third-order valence-electron chi connectivity index (χ3n) is 5.31. The average Bonchev–Trinajstić information content (AvgIpc) is 3.09. The third-order valence-corrected chi connectivity index (χ3v) is 5.31. The summed E-state index contributed by atoms with van der Waals surface area (Å²) in [6.45, 7) is 12.6. The predicted molar refractivity (Wildman–Crippen MR) is 112 cm³/mol. The predicted octanol–water partition coefficient (Wildman–Crippen LogP) is 2.82. The molecule has 2 N–H and O–H groups in total. The summed E-state index contributed by atoms with van der Waals surface area (Å²) in [5.41, 5.74) is 3.16. The molecule has 1 aliphatic heterocycles. The second kappa shape index (κ2) is 9.74. The summed E-state index contributed by atoms with van der Waals surface area (Å²) < 4.78 is 2.12. The van der Waals surface area contributed by atoms with Gasteiger partial charge in [0, 0.05) is 25.0 Å². The number of hydrogen-bond donors (Lipinski definition) is 2. The first-order chi connectivity index (χ1) is 13.2. The minimum Gasteiger partial charge on any atom is -0.357 e. The Kier molecular flexibility index (Phi) is 7.10. The van der Waals surface area contributed by atoms with Crippen LogP contribution in [0, 0.1) is 12.8 Å². The molecule has 0 spiro atoms. The molecule has 3 rings (SSSR count). The van der Waals surface area contributed by atoms with Crippen molar-refractivity contribution in [1.29, 1.82) is 0 Å². The summed E-state index contributed by atoms with van der Waals surface area (Å²) in [5, 5.41) is 6.80. The summed E-state index contributed by atoms with van der Waals surface area (Å²) in [4.78, 5) is 12.0. The molecule has 27 heavy (non-hydrogen) atoms. The Hall–Kier alpha value is -2.08. The largest absolute Gasteiger partial charge is 0.357 e. The molecule has 1 aliphatic rings. The molecule has 6 heteroatoms. The van der Waals surface area contributed by atoms with Crippen LogP contribution in [-0.2, 0) is 6.54 Å². The number of rotatable bonds is 7. The van der Waals surface area contributed by atoms with Gasteiger partial charge in [0.15, 0.2) is 5.96 Å². The van der Waals surface area contributed by atoms with Crippen LogP contribution in [0.5, 0.6) is 0 Å². The maximum Gasteiger partial charge on any atom is 0.191 e. The molecule has 0 amide bonds. The highest BCUT2D eigenvalue weighted by Gasteiger charge is 2.14. The summed E-state index contributed by atoms with van der Waals surface area (Å²) in [6, 6.07) is 6.17. The molecule has 2 aromatic rings. The Morgan fingerprint density at radius 2 is 2.07 bits per heavy atom. The van der Waals surface area contributed by atoms with E-state index in [1.54, 1.807) is 0 Å². The van der Waals surface area contributed by atoms with Gasteiger partial charge in [-0.2, -0.15) is 0 Å². The van der Waals surface area contributed by atoms with Crippen LogP contribution in [0.3, 0.4) is 0 Å². The van der Waals surface area contributed by atoms with E-state index in [0.29, 0.717) is 6.54 Å². The summed E-state index contributed by atoms with van der Waals surface area (Å²) in [6.07, 6.45) is 5.91. The van der Waals surface area contributed by atoms with E-state index in [-0.39, 0.29) is 0 Å². The zero-order valence-corrected chi connectivity index (χ0v) is 17.0. The lowest BCUT2D eigenvalue weighted by Gasteiger charge is -2.30. The van der Waals surface area contributed by atoms with Crippen LogP contribution in [0.15, 0.2) is 29.4 Å². The van der Waals surface area contributed by atoms with Gasteiger partial charge in [-0.3, -0.25) is 0 Å². The lowest BCUT2D eigenvalue weighted by Crippen LogP contribution is -2.39. The number of nitrogens with one attached hydrogen (secondary N) is 2. The SMILES string of the molecule is CCNC(=NCc1cn2c(C)cccc2n1)NCCCN1CCC(C)CC1. The first-order valence-corrected chi connectivity index (χ1v) is 10.3. The number of aryl methyl sites for hydroxylation is 1. The van der Waals surface area contributed by atoms with Gasteiger partial charge in [0.2, 0.25) is 0 Å². The number of piperidine rings is 1. The molecule has 0 aromatic carbocycles. The zero-order valence-electron chi connectivity index (χ0n) is 17.0. The Morgan fingerprint density at radius 1 is 1.26 bits per heavy atom. The first-order valence-electron chi connectivity index (χ1n) is 10.3. The van der Waals surface area contributed by atoms with E-state index in [9.17, 15) is 0 Å². The second-order valence-electron chi connectivity index (χ2n) is 7.63. The van der Waals surface area contributed by atoms with Crippen LogP contribution >= 0.6 is 0 Å². The Morgan fingerprint density at radius 3 is 2.81 bits per heavy atom. The maximum atomic E-state index is 4.71. The molecule has 0 atom stereocenters. The molecule has 0 aliphatic carbocycles. The molecule has 0 saturated carbocycles. The first kappa shape index (κ1) is 19.7. The van der Waals surface area contributed by atoms with Crippen LogP contribution in [0.25, 0.3) is 5.65 Å². The van der Waals surface area contributed by atoms with Gasteiger partial charge in [-0.05, 0) is 70.8 Å². The third kappa shape index (κ3) is 5.70. The molecule has 0 unspecified atom stereocenters. The Bertz CT molecular complexity index is 742. The van der Waals surface area contributed by atoms with Gasteiger partial charge in [-0.25, -0.2) is 9.98 Å². The summed E-state index contributed by atoms with van der Waals surface area (Å²) >= 11 is 0. The lowest BCUT2D eigenvalue weighted by molar-refractivity contribution is 0.191. The van der Waals surface area contributed by atoms with Crippen molar-refractivity contribution in [3.63, 3.8) is 0 Å². The summed E-state index contributed by atoms with van der Waals surface area (Å²) in [5.74, 6) is 1.77. The highest BCUT2D eigenvalue weighted by Crippen LogP contribution is 2.15. The standard InChI is InChI=1S/C21H34N6/c1-4-22-21(23-11-6-12-26-13-9-17(2)10-14-26)24-15-19-16-27-18(3)7-5-8-20(27)25-19/h5,7-8,16-17H,4,6,9-15H2,1-3H3,(H2,22,23,24). The fraction of sp³-hybridized carbons (Fsp3) is 0.619. The number of hydrogen-bond acceptors (Lipinski definition) is 3. The average molecular weight is 371 g/mol. The van der Waals surface area contributed by atoms with Crippen LogP contribution < -0.4 is 10.6 Å². The number of nitrogens with zero attached hydrogens (tertiary/aromatic N) is 4. The van der Waals surface area contributed by atoms with Gasteiger partial charge in [-0.15, -0.1) is 0 Å². The molecule has 148 valence electrons. The molecule has 0 bridgehead atoms. The molecule has 1 fully saturated rings. The molecule has 0 radical (unpaired) electrons. The topological polar surface area (TPSA) is 57.0 Å². The molecule has 1 saturated heterocycles. The van der Waals surface area contributed by atoms with Crippen molar-refractivity contribution in [2.45, 2.75) is 46.6 Å². The van der Waals surface area contributed by atoms with Crippen LogP contribution in [0.4, 0.5) is 0 Å². The van der Waals surface area contributed by atoms with Gasteiger partial charge in [-0.1, -0.05) is 13.0 Å².